The lowest BCUT2D eigenvalue weighted by molar-refractivity contribution is -0.143. The molecule has 1 aliphatic heterocycles. The smallest absolute Gasteiger partial charge is 0.333 e. The Balaban J connectivity index is 1.45. The third-order valence-corrected chi connectivity index (χ3v) is 8.37. The molecule has 11 heteroatoms. The van der Waals surface area contributed by atoms with Crippen LogP contribution in [0.25, 0.3) is 10.9 Å². The Kier molecular flexibility index (Phi) is 9.27. The van der Waals surface area contributed by atoms with Crippen molar-refractivity contribution in [1.82, 2.24) is 9.47 Å². The third-order valence-electron chi connectivity index (χ3n) is 8.37. The van der Waals surface area contributed by atoms with Gasteiger partial charge in [0.25, 0.3) is 0 Å². The Morgan fingerprint density at radius 2 is 1.58 bits per heavy atom. The van der Waals surface area contributed by atoms with Crippen LogP contribution in [0.3, 0.4) is 0 Å². The molecule has 5 amide bonds. The number of para-hydroxylation sites is 2. The molecule has 238 valence electrons. The molecule has 0 unspecified atom stereocenters. The van der Waals surface area contributed by atoms with Gasteiger partial charge in [-0.25, -0.2) is 14.5 Å². The van der Waals surface area contributed by atoms with Gasteiger partial charge in [0.15, 0.2) is 5.78 Å². The fraction of sp³-hybridized carbons (Fsp3) is 0.441. The molecular formula is C34H41N5O6. The molecule has 5 rings (SSSR count). The van der Waals surface area contributed by atoms with Crippen LogP contribution in [0.2, 0.25) is 0 Å². The standard InChI is InChI=1S/C34H41N5O6/c1-5-45-31(42)22-36-18-17-23-15-16-24(19-28(23)36)35-30(41)21-38-32(43)37(20-29(40)34(2,3)4)26-13-9-10-14-27(26)39(33(38)44)25-11-7-6-8-12-25/h9-10,13-19,25H,5-8,11-12,20-22H2,1-4H3,(H,35,41). The van der Waals surface area contributed by atoms with Crippen LogP contribution in [0.4, 0.5) is 26.7 Å². The summed E-state index contributed by atoms with van der Waals surface area (Å²) in [6.45, 7) is 6.61. The second-order valence-electron chi connectivity index (χ2n) is 12.6. The first-order valence-corrected chi connectivity index (χ1v) is 15.6. The molecule has 0 spiro atoms. The highest BCUT2D eigenvalue weighted by Gasteiger charge is 2.42. The van der Waals surface area contributed by atoms with E-state index in [1.54, 1.807) is 73.7 Å². The van der Waals surface area contributed by atoms with E-state index >= 15 is 0 Å². The molecule has 1 N–H and O–H groups in total. The van der Waals surface area contributed by atoms with Crippen molar-refractivity contribution >= 4 is 57.7 Å². The minimum Gasteiger partial charge on any atom is -0.465 e. The van der Waals surface area contributed by atoms with Gasteiger partial charge in [0, 0.05) is 23.3 Å². The van der Waals surface area contributed by atoms with Gasteiger partial charge in [-0.2, -0.15) is 0 Å². The van der Waals surface area contributed by atoms with Crippen molar-refractivity contribution in [3.8, 4) is 0 Å². The number of amides is 5. The van der Waals surface area contributed by atoms with Crippen molar-refractivity contribution in [2.75, 3.05) is 34.8 Å². The lowest BCUT2D eigenvalue weighted by Crippen LogP contribution is -2.54. The zero-order valence-electron chi connectivity index (χ0n) is 26.4. The second kappa shape index (κ2) is 13.1. The highest BCUT2D eigenvalue weighted by Crippen LogP contribution is 2.38. The molecule has 45 heavy (non-hydrogen) atoms. The number of esters is 1. The number of fused-ring (bicyclic) bond motifs is 2. The lowest BCUT2D eigenvalue weighted by Gasteiger charge is -2.35. The van der Waals surface area contributed by atoms with Crippen molar-refractivity contribution in [2.45, 2.75) is 72.4 Å². The van der Waals surface area contributed by atoms with Crippen LogP contribution >= 0.6 is 0 Å². The van der Waals surface area contributed by atoms with Gasteiger partial charge >= 0.3 is 18.0 Å². The quantitative estimate of drug-likeness (QED) is 0.297. The molecular weight excluding hydrogens is 574 g/mol. The fourth-order valence-electron chi connectivity index (χ4n) is 5.91. The number of rotatable bonds is 9. The number of ether oxygens (including phenoxy) is 1. The van der Waals surface area contributed by atoms with E-state index in [2.05, 4.69) is 5.32 Å². The number of hydrogen-bond acceptors (Lipinski definition) is 6. The van der Waals surface area contributed by atoms with E-state index in [0.717, 1.165) is 42.4 Å². The first kappa shape index (κ1) is 31.7. The normalized spacial score (nSPS) is 16.0. The molecule has 0 radical (unpaired) electrons. The average molecular weight is 616 g/mol. The summed E-state index contributed by atoms with van der Waals surface area (Å²) in [6.07, 6.45) is 6.31. The molecule has 2 heterocycles. The zero-order valence-corrected chi connectivity index (χ0v) is 26.4. The van der Waals surface area contributed by atoms with E-state index in [9.17, 15) is 24.0 Å². The van der Waals surface area contributed by atoms with Crippen LogP contribution < -0.4 is 15.1 Å². The Bertz CT molecular complexity index is 1620. The number of aromatic nitrogens is 1. The molecule has 1 fully saturated rings. The van der Waals surface area contributed by atoms with Gasteiger partial charge in [-0.3, -0.25) is 24.2 Å². The predicted molar refractivity (Wildman–Crippen MR) is 172 cm³/mol. The van der Waals surface area contributed by atoms with Gasteiger partial charge in [-0.15, -0.1) is 0 Å². The average Bonchev–Trinajstić information content (AvgIpc) is 3.37. The summed E-state index contributed by atoms with van der Waals surface area (Å²) in [6, 6.07) is 12.8. The Morgan fingerprint density at radius 1 is 0.867 bits per heavy atom. The van der Waals surface area contributed by atoms with Gasteiger partial charge in [-0.1, -0.05) is 58.2 Å². The number of ketones is 1. The van der Waals surface area contributed by atoms with Crippen LogP contribution in [0.15, 0.2) is 54.7 Å². The van der Waals surface area contributed by atoms with Crippen LogP contribution in [0.1, 0.15) is 59.8 Å². The van der Waals surface area contributed by atoms with Crippen molar-refractivity contribution in [3.63, 3.8) is 0 Å². The molecule has 0 atom stereocenters. The summed E-state index contributed by atoms with van der Waals surface area (Å²) in [5.74, 6) is -1.12. The highest BCUT2D eigenvalue weighted by molar-refractivity contribution is 6.16. The van der Waals surface area contributed by atoms with Crippen LogP contribution in [-0.4, -0.2) is 64.9 Å². The van der Waals surface area contributed by atoms with Crippen LogP contribution in [0.5, 0.6) is 0 Å². The number of imide groups is 1. The Hall–Kier alpha value is -4.67. The number of benzene rings is 2. The summed E-state index contributed by atoms with van der Waals surface area (Å²) in [5.41, 5.74) is 1.46. The Labute approximate surface area is 263 Å². The monoisotopic (exact) mass is 615 g/mol. The SMILES string of the molecule is CCOC(=O)Cn1ccc2ccc(NC(=O)CN3C(=O)N(CC(=O)C(C)(C)C)c4ccccc4N(C4CCCCC4)C3=O)cc21. The number of carbonyl (C=O) groups excluding carboxylic acids is 5. The molecule has 1 saturated carbocycles. The fourth-order valence-corrected chi connectivity index (χ4v) is 5.91. The van der Waals surface area contributed by atoms with Gasteiger partial charge in [0.2, 0.25) is 5.91 Å². The van der Waals surface area contributed by atoms with Crippen molar-refractivity contribution in [2.24, 2.45) is 5.41 Å². The lowest BCUT2D eigenvalue weighted by atomic mass is 9.90. The molecule has 0 bridgehead atoms. The number of anilines is 3. The van der Waals surface area contributed by atoms with Crippen LogP contribution in [0, 0.1) is 5.41 Å². The molecule has 2 aromatic carbocycles. The van der Waals surface area contributed by atoms with Crippen LogP contribution in [-0.2, 0) is 25.7 Å². The van der Waals surface area contributed by atoms with E-state index in [4.69, 9.17) is 4.74 Å². The predicted octanol–water partition coefficient (Wildman–Crippen LogP) is 5.96. The first-order valence-electron chi connectivity index (χ1n) is 15.6. The van der Waals surface area contributed by atoms with Crippen molar-refractivity contribution < 1.29 is 28.7 Å². The molecule has 0 saturated heterocycles. The number of hydrogen-bond donors (Lipinski definition) is 1. The summed E-state index contributed by atoms with van der Waals surface area (Å²) in [5, 5.41) is 3.69. The topological polar surface area (TPSA) is 121 Å². The van der Waals surface area contributed by atoms with E-state index in [0.29, 0.717) is 22.6 Å². The zero-order chi connectivity index (χ0) is 32.3. The van der Waals surface area contributed by atoms with Gasteiger partial charge in [0.05, 0.1) is 30.0 Å². The maximum atomic E-state index is 14.3. The first-order chi connectivity index (χ1) is 21.5. The maximum absolute atomic E-state index is 14.3. The van der Waals surface area contributed by atoms with E-state index in [1.807, 2.05) is 18.2 Å². The summed E-state index contributed by atoms with van der Waals surface area (Å²) < 4.78 is 6.80. The summed E-state index contributed by atoms with van der Waals surface area (Å²) in [4.78, 5) is 71.2. The maximum Gasteiger partial charge on any atom is 0.333 e. The highest BCUT2D eigenvalue weighted by atomic mass is 16.5. The molecule has 3 aromatic rings. The molecule has 11 nitrogen and oxygen atoms in total. The number of carbonyl (C=O) groups is 5. The third kappa shape index (κ3) is 6.87. The summed E-state index contributed by atoms with van der Waals surface area (Å²) in [7, 11) is 0. The minimum absolute atomic E-state index is 0.0200. The van der Waals surface area contributed by atoms with Crippen molar-refractivity contribution in [3.05, 3.63) is 54.7 Å². The van der Waals surface area contributed by atoms with Gasteiger partial charge in [-0.05, 0) is 55.5 Å². The number of Topliss-reactive ketones (excluding diaryl/α,β-unsaturated/α-hetero) is 1. The molecule has 1 aliphatic carbocycles. The number of urea groups is 2. The largest absolute Gasteiger partial charge is 0.465 e. The van der Waals surface area contributed by atoms with E-state index in [1.165, 1.54) is 4.90 Å². The number of nitrogens with one attached hydrogen (secondary N) is 1. The number of nitrogens with zero attached hydrogens (tertiary/aromatic N) is 4. The summed E-state index contributed by atoms with van der Waals surface area (Å²) >= 11 is 0. The molecule has 1 aromatic heterocycles. The van der Waals surface area contributed by atoms with Crippen molar-refractivity contribution in [1.29, 1.82) is 0 Å². The van der Waals surface area contributed by atoms with E-state index < -0.39 is 29.9 Å². The minimum atomic E-state index is -0.725. The van der Waals surface area contributed by atoms with Gasteiger partial charge < -0.3 is 14.6 Å². The second-order valence-corrected chi connectivity index (χ2v) is 12.6. The Morgan fingerprint density at radius 3 is 2.27 bits per heavy atom. The van der Waals surface area contributed by atoms with Gasteiger partial charge in [0.1, 0.15) is 13.1 Å². The molecule has 2 aliphatic rings. The van der Waals surface area contributed by atoms with E-state index in [-0.39, 0.29) is 37.5 Å².